The quantitative estimate of drug-likeness (QED) is 0.800. The Bertz CT molecular complexity index is 363. The monoisotopic (exact) mass is 220 g/mol. The van der Waals surface area contributed by atoms with Crippen LogP contribution in [0.3, 0.4) is 0 Å². The molecule has 4 nitrogen and oxygen atoms in total. The normalized spacial score (nSPS) is 9.56. The Morgan fingerprint density at radius 3 is 2.88 bits per heavy atom. The number of para-hydroxylation sites is 2. The molecule has 1 aromatic carbocycles. The second kappa shape index (κ2) is 6.61. The lowest BCUT2D eigenvalue weighted by molar-refractivity contribution is -0.116. The first-order chi connectivity index (χ1) is 7.77. The Balaban J connectivity index is 2.64. The standard InChI is InChI=1S/C12H14NO3/c1-2-3-8-12(15)13-10-6-4-5-7-11(10)16-9-14/h4-7H,2-3,8H2,1H3,(H,13,15). The minimum atomic E-state index is -0.0798. The highest BCUT2D eigenvalue weighted by molar-refractivity contribution is 5.92. The second-order valence-electron chi connectivity index (χ2n) is 3.33. The zero-order valence-electron chi connectivity index (χ0n) is 9.16. The minimum Gasteiger partial charge on any atom is -0.416 e. The molecule has 1 N–H and O–H groups in total. The molecule has 1 aromatic rings. The van der Waals surface area contributed by atoms with Crippen molar-refractivity contribution in [2.45, 2.75) is 26.2 Å². The molecule has 0 spiro atoms. The third kappa shape index (κ3) is 3.73. The van der Waals surface area contributed by atoms with Crippen molar-refractivity contribution in [3.05, 3.63) is 24.3 Å². The molecular weight excluding hydrogens is 206 g/mol. The zero-order chi connectivity index (χ0) is 11.8. The van der Waals surface area contributed by atoms with Crippen molar-refractivity contribution in [2.75, 3.05) is 5.32 Å². The van der Waals surface area contributed by atoms with Crippen LogP contribution >= 0.6 is 0 Å². The van der Waals surface area contributed by atoms with Crippen LogP contribution in [0.5, 0.6) is 5.75 Å². The van der Waals surface area contributed by atoms with Crippen LogP contribution in [-0.4, -0.2) is 12.4 Å². The molecule has 0 aliphatic carbocycles. The van der Waals surface area contributed by atoms with Crippen LogP contribution < -0.4 is 10.1 Å². The number of anilines is 1. The summed E-state index contributed by atoms with van der Waals surface area (Å²) in [5.74, 6) is 0.228. The summed E-state index contributed by atoms with van der Waals surface area (Å²) in [6.45, 7) is 3.36. The summed E-state index contributed by atoms with van der Waals surface area (Å²) in [5.41, 5.74) is 0.493. The van der Waals surface area contributed by atoms with Crippen LogP contribution in [0.25, 0.3) is 0 Å². The van der Waals surface area contributed by atoms with E-state index in [-0.39, 0.29) is 5.91 Å². The molecule has 0 aliphatic heterocycles. The molecule has 0 fully saturated rings. The number of hydrogen-bond acceptors (Lipinski definition) is 3. The van der Waals surface area contributed by atoms with Crippen LogP contribution in [0.15, 0.2) is 24.3 Å². The summed E-state index contributed by atoms with van der Waals surface area (Å²) in [7, 11) is 0. The zero-order valence-corrected chi connectivity index (χ0v) is 9.16. The Morgan fingerprint density at radius 1 is 1.44 bits per heavy atom. The van der Waals surface area contributed by atoms with E-state index in [0.29, 0.717) is 17.9 Å². The van der Waals surface area contributed by atoms with E-state index in [1.807, 2.05) is 6.92 Å². The Morgan fingerprint density at radius 2 is 2.19 bits per heavy atom. The molecule has 1 amide bonds. The SMILES string of the molecule is CCCCC(=O)Nc1ccccc1O[C]=O. The van der Waals surface area contributed by atoms with Gasteiger partial charge in [-0.2, -0.15) is 0 Å². The Kier molecular flexibility index (Phi) is 5.05. The summed E-state index contributed by atoms with van der Waals surface area (Å²) >= 11 is 0. The first-order valence-electron chi connectivity index (χ1n) is 5.20. The summed E-state index contributed by atoms with van der Waals surface area (Å²) in [5, 5.41) is 2.69. The van der Waals surface area contributed by atoms with Gasteiger partial charge in [0.05, 0.1) is 5.69 Å². The van der Waals surface area contributed by atoms with Gasteiger partial charge in [0.1, 0.15) is 0 Å². The number of amides is 1. The van der Waals surface area contributed by atoms with Crippen molar-refractivity contribution in [1.29, 1.82) is 0 Å². The summed E-state index contributed by atoms with van der Waals surface area (Å²) in [6, 6.07) is 6.75. The fourth-order valence-electron chi connectivity index (χ4n) is 1.25. The van der Waals surface area contributed by atoms with Gasteiger partial charge in [-0.3, -0.25) is 4.79 Å². The maximum absolute atomic E-state index is 11.5. The molecule has 0 bridgehead atoms. The lowest BCUT2D eigenvalue weighted by Crippen LogP contribution is -2.11. The van der Waals surface area contributed by atoms with Crippen LogP contribution in [0.1, 0.15) is 26.2 Å². The number of hydrogen-bond donors (Lipinski definition) is 1. The average Bonchev–Trinajstić information content (AvgIpc) is 2.29. The number of nitrogens with one attached hydrogen (secondary N) is 1. The van der Waals surface area contributed by atoms with E-state index in [4.69, 9.17) is 0 Å². The molecule has 0 saturated carbocycles. The number of carbonyl (C=O) groups is 1. The van der Waals surface area contributed by atoms with E-state index in [0.717, 1.165) is 12.8 Å². The molecule has 0 saturated heterocycles. The van der Waals surface area contributed by atoms with Gasteiger partial charge in [-0.05, 0) is 18.6 Å². The first kappa shape index (κ1) is 12.2. The maximum atomic E-state index is 11.5. The van der Waals surface area contributed by atoms with Gasteiger partial charge in [-0.25, -0.2) is 4.79 Å². The molecular formula is C12H14NO3. The van der Waals surface area contributed by atoms with Gasteiger partial charge in [-0.1, -0.05) is 25.5 Å². The van der Waals surface area contributed by atoms with E-state index in [1.165, 1.54) is 6.47 Å². The largest absolute Gasteiger partial charge is 0.423 e. The van der Waals surface area contributed by atoms with Crippen LogP contribution in [-0.2, 0) is 9.59 Å². The maximum Gasteiger partial charge on any atom is 0.423 e. The van der Waals surface area contributed by atoms with Crippen molar-refractivity contribution < 1.29 is 14.3 Å². The van der Waals surface area contributed by atoms with Crippen LogP contribution in [0.4, 0.5) is 5.69 Å². The summed E-state index contributed by atoms with van der Waals surface area (Å²) in [4.78, 5) is 21.6. The number of rotatable bonds is 6. The number of carbonyl (C=O) groups excluding carboxylic acids is 2. The highest BCUT2D eigenvalue weighted by atomic mass is 16.5. The molecule has 4 heteroatoms. The van der Waals surface area contributed by atoms with Crippen LogP contribution in [0.2, 0.25) is 0 Å². The summed E-state index contributed by atoms with van der Waals surface area (Å²) < 4.78 is 4.62. The van der Waals surface area contributed by atoms with Gasteiger partial charge in [0.2, 0.25) is 5.91 Å². The molecule has 85 valence electrons. The molecule has 1 radical (unpaired) electrons. The average molecular weight is 220 g/mol. The fraction of sp³-hybridized carbons (Fsp3) is 0.333. The van der Waals surface area contributed by atoms with E-state index < -0.39 is 0 Å². The van der Waals surface area contributed by atoms with Crippen molar-refractivity contribution in [3.8, 4) is 5.75 Å². The number of ether oxygens (including phenoxy) is 1. The Labute approximate surface area is 94.6 Å². The molecule has 0 aliphatic rings. The second-order valence-corrected chi connectivity index (χ2v) is 3.33. The first-order valence-corrected chi connectivity index (χ1v) is 5.20. The third-order valence-electron chi connectivity index (χ3n) is 2.07. The van der Waals surface area contributed by atoms with E-state index in [9.17, 15) is 9.59 Å². The fourth-order valence-corrected chi connectivity index (χ4v) is 1.25. The van der Waals surface area contributed by atoms with E-state index >= 15 is 0 Å². The number of unbranched alkanes of at least 4 members (excludes halogenated alkanes) is 1. The molecule has 0 unspecified atom stereocenters. The lowest BCUT2D eigenvalue weighted by atomic mass is 10.2. The van der Waals surface area contributed by atoms with Gasteiger partial charge in [-0.15, -0.1) is 0 Å². The lowest BCUT2D eigenvalue weighted by Gasteiger charge is -2.07. The van der Waals surface area contributed by atoms with E-state index in [2.05, 4.69) is 10.1 Å². The molecule has 0 heterocycles. The summed E-state index contributed by atoms with van der Waals surface area (Å²) in [6.07, 6.45) is 2.28. The molecule has 16 heavy (non-hydrogen) atoms. The topological polar surface area (TPSA) is 55.4 Å². The van der Waals surface area contributed by atoms with Crippen molar-refractivity contribution in [3.63, 3.8) is 0 Å². The predicted octanol–water partition coefficient (Wildman–Crippen LogP) is 2.26. The minimum absolute atomic E-state index is 0.0798. The molecule has 0 atom stereocenters. The van der Waals surface area contributed by atoms with Gasteiger partial charge >= 0.3 is 6.47 Å². The number of benzene rings is 1. The smallest absolute Gasteiger partial charge is 0.416 e. The van der Waals surface area contributed by atoms with Gasteiger partial charge in [0, 0.05) is 6.42 Å². The Hall–Kier alpha value is -1.84. The van der Waals surface area contributed by atoms with Gasteiger partial charge in [0.25, 0.3) is 0 Å². The molecule has 0 aromatic heterocycles. The molecule has 1 rings (SSSR count). The predicted molar refractivity (Wildman–Crippen MR) is 60.9 cm³/mol. The van der Waals surface area contributed by atoms with Gasteiger partial charge < -0.3 is 10.1 Å². The van der Waals surface area contributed by atoms with Crippen LogP contribution in [0, 0.1) is 0 Å². The highest BCUT2D eigenvalue weighted by Gasteiger charge is 2.06. The van der Waals surface area contributed by atoms with Crippen molar-refractivity contribution in [1.82, 2.24) is 0 Å². The van der Waals surface area contributed by atoms with Crippen molar-refractivity contribution >= 4 is 18.1 Å². The third-order valence-corrected chi connectivity index (χ3v) is 2.07. The highest BCUT2D eigenvalue weighted by Crippen LogP contribution is 2.23. The van der Waals surface area contributed by atoms with E-state index in [1.54, 1.807) is 24.3 Å². The van der Waals surface area contributed by atoms with Gasteiger partial charge in [0.15, 0.2) is 5.75 Å². The van der Waals surface area contributed by atoms with Crippen molar-refractivity contribution in [2.24, 2.45) is 0 Å².